The predicted molar refractivity (Wildman–Crippen MR) is 128 cm³/mol. The molecule has 0 bridgehead atoms. The molecule has 2 heterocycles. The number of ether oxygens (including phenoxy) is 2. The van der Waals surface area contributed by atoms with Crippen LogP contribution in [0.25, 0.3) is 0 Å². The fourth-order valence-electron chi connectivity index (χ4n) is 3.84. The van der Waals surface area contributed by atoms with Crippen molar-refractivity contribution >= 4 is 42.0 Å². The van der Waals surface area contributed by atoms with E-state index < -0.39 is 5.60 Å². The van der Waals surface area contributed by atoms with Gasteiger partial charge in [-0.2, -0.15) is 0 Å². The predicted octanol–water partition coefficient (Wildman–Crippen LogP) is 3.10. The van der Waals surface area contributed by atoms with Crippen LogP contribution in [-0.4, -0.2) is 79.8 Å². The fourth-order valence-corrected chi connectivity index (χ4v) is 3.84. The number of halogens is 1. The summed E-state index contributed by atoms with van der Waals surface area (Å²) in [7, 11) is 1.78. The highest BCUT2D eigenvalue weighted by atomic mass is 127. The molecule has 0 radical (unpaired) electrons. The molecule has 174 valence electrons. The quantitative estimate of drug-likeness (QED) is 0.257. The average molecular weight is 538 g/mol. The highest BCUT2D eigenvalue weighted by Gasteiger charge is 2.30. The molecule has 9 heteroatoms. The van der Waals surface area contributed by atoms with Gasteiger partial charge >= 0.3 is 12.1 Å². The molecule has 2 rings (SSSR count). The lowest BCUT2D eigenvalue weighted by Crippen LogP contribution is -2.50. The van der Waals surface area contributed by atoms with Gasteiger partial charge in [0.2, 0.25) is 0 Å². The molecule has 0 aromatic rings. The lowest BCUT2D eigenvalue weighted by molar-refractivity contribution is -0.149. The molecule has 0 spiro atoms. The maximum Gasteiger partial charge on any atom is 0.410 e. The Labute approximate surface area is 198 Å². The Hall–Kier alpha value is -1.26. The van der Waals surface area contributed by atoms with E-state index in [1.807, 2.05) is 27.7 Å². The van der Waals surface area contributed by atoms with Gasteiger partial charge in [-0.1, -0.05) is 0 Å². The van der Waals surface area contributed by atoms with E-state index in [0.717, 1.165) is 44.7 Å². The summed E-state index contributed by atoms with van der Waals surface area (Å²) in [6, 6.07) is 0. The first-order valence-electron chi connectivity index (χ1n) is 10.8. The number of hydrogen-bond donors (Lipinski definition) is 1. The Bertz CT molecular complexity index is 586. The molecule has 1 atom stereocenters. The van der Waals surface area contributed by atoms with Gasteiger partial charge in [0.15, 0.2) is 5.96 Å². The van der Waals surface area contributed by atoms with Crippen molar-refractivity contribution in [3.05, 3.63) is 0 Å². The molecule has 2 aliphatic rings. The summed E-state index contributed by atoms with van der Waals surface area (Å²) in [5, 5.41) is 3.47. The normalized spacial score (nSPS) is 21.0. The Morgan fingerprint density at radius 1 is 1.10 bits per heavy atom. The smallest absolute Gasteiger partial charge is 0.410 e. The number of amides is 1. The highest BCUT2D eigenvalue weighted by molar-refractivity contribution is 14.0. The van der Waals surface area contributed by atoms with Crippen LogP contribution in [0, 0.1) is 11.8 Å². The molecule has 0 aliphatic carbocycles. The summed E-state index contributed by atoms with van der Waals surface area (Å²) in [6.45, 7) is 11.7. The number of carbonyl (C=O) groups is 2. The van der Waals surface area contributed by atoms with Crippen LogP contribution in [0.2, 0.25) is 0 Å². The summed E-state index contributed by atoms with van der Waals surface area (Å²) >= 11 is 0. The van der Waals surface area contributed by atoms with Crippen molar-refractivity contribution in [1.82, 2.24) is 15.1 Å². The molecule has 8 nitrogen and oxygen atoms in total. The number of nitrogens with zero attached hydrogens (tertiary/aromatic N) is 3. The standard InChI is InChI=1S/C21H38N4O4.HI/c1-6-28-18(26)17-8-7-11-25(15-17)19(22-5)23-14-16-9-12-24(13-10-16)20(27)29-21(2,3)4;/h16-17H,6-15H2,1-5H3,(H,22,23);1H. The van der Waals surface area contributed by atoms with Crippen LogP contribution >= 0.6 is 24.0 Å². The van der Waals surface area contributed by atoms with Gasteiger partial charge in [0.25, 0.3) is 0 Å². The van der Waals surface area contributed by atoms with E-state index in [1.54, 1.807) is 11.9 Å². The summed E-state index contributed by atoms with van der Waals surface area (Å²) < 4.78 is 10.7. The lowest BCUT2D eigenvalue weighted by atomic mass is 9.97. The van der Waals surface area contributed by atoms with E-state index >= 15 is 0 Å². The lowest BCUT2D eigenvalue weighted by Gasteiger charge is -2.36. The molecular weight excluding hydrogens is 499 g/mol. The van der Waals surface area contributed by atoms with E-state index in [1.165, 1.54) is 0 Å². The molecule has 1 amide bonds. The monoisotopic (exact) mass is 538 g/mol. The molecule has 2 aliphatic heterocycles. The second-order valence-corrected chi connectivity index (χ2v) is 8.88. The van der Waals surface area contributed by atoms with E-state index in [9.17, 15) is 9.59 Å². The largest absolute Gasteiger partial charge is 0.466 e. The molecule has 1 N–H and O–H groups in total. The number of carbonyl (C=O) groups excluding carboxylic acids is 2. The first kappa shape index (κ1) is 26.8. The molecule has 2 fully saturated rings. The van der Waals surface area contributed by atoms with Crippen molar-refractivity contribution in [2.24, 2.45) is 16.8 Å². The van der Waals surface area contributed by atoms with Crippen molar-refractivity contribution in [2.45, 2.75) is 59.0 Å². The number of hydrogen-bond acceptors (Lipinski definition) is 5. The van der Waals surface area contributed by atoms with Gasteiger partial charge in [0.1, 0.15) is 5.60 Å². The number of esters is 1. The van der Waals surface area contributed by atoms with Crippen molar-refractivity contribution in [3.8, 4) is 0 Å². The first-order valence-corrected chi connectivity index (χ1v) is 10.8. The summed E-state index contributed by atoms with van der Waals surface area (Å²) in [6.07, 6.45) is 3.48. The molecule has 0 aromatic carbocycles. The topological polar surface area (TPSA) is 83.5 Å². The van der Waals surface area contributed by atoms with Gasteiger partial charge in [0.05, 0.1) is 12.5 Å². The maximum atomic E-state index is 12.2. The minimum Gasteiger partial charge on any atom is -0.466 e. The Morgan fingerprint density at radius 2 is 1.77 bits per heavy atom. The van der Waals surface area contributed by atoms with E-state index in [0.29, 0.717) is 32.2 Å². The fraction of sp³-hybridized carbons (Fsp3) is 0.857. The van der Waals surface area contributed by atoms with Crippen LogP contribution in [0.15, 0.2) is 4.99 Å². The van der Waals surface area contributed by atoms with Crippen LogP contribution in [-0.2, 0) is 14.3 Å². The van der Waals surface area contributed by atoms with Gasteiger partial charge in [-0.05, 0) is 59.3 Å². The van der Waals surface area contributed by atoms with E-state index in [4.69, 9.17) is 9.47 Å². The minimum absolute atomic E-state index is 0. The third-order valence-electron chi connectivity index (χ3n) is 5.37. The number of guanidine groups is 1. The second kappa shape index (κ2) is 12.6. The Morgan fingerprint density at radius 3 is 2.33 bits per heavy atom. The molecular formula is C21H39IN4O4. The summed E-state index contributed by atoms with van der Waals surface area (Å²) in [4.78, 5) is 32.6. The van der Waals surface area contributed by atoms with Crippen molar-refractivity contribution < 1.29 is 19.1 Å². The molecule has 0 aromatic heterocycles. The number of aliphatic imine (C=N–C) groups is 1. The molecule has 30 heavy (non-hydrogen) atoms. The molecule has 2 saturated heterocycles. The SMILES string of the molecule is CCOC(=O)C1CCCN(C(=NC)NCC2CCN(C(=O)OC(C)(C)C)CC2)C1.I. The zero-order chi connectivity index (χ0) is 21.4. The van der Waals surface area contributed by atoms with Crippen LogP contribution in [0.4, 0.5) is 4.79 Å². The van der Waals surface area contributed by atoms with Gasteiger partial charge < -0.3 is 24.6 Å². The summed E-state index contributed by atoms with van der Waals surface area (Å²) in [5.41, 5.74) is -0.460. The van der Waals surface area contributed by atoms with Crippen molar-refractivity contribution in [2.75, 3.05) is 46.4 Å². The third-order valence-corrected chi connectivity index (χ3v) is 5.37. The number of nitrogens with one attached hydrogen (secondary N) is 1. The van der Waals surface area contributed by atoms with Crippen LogP contribution in [0.5, 0.6) is 0 Å². The van der Waals surface area contributed by atoms with Crippen LogP contribution in [0.3, 0.4) is 0 Å². The minimum atomic E-state index is -0.460. The number of piperidine rings is 2. The summed E-state index contributed by atoms with van der Waals surface area (Å²) in [5.74, 6) is 1.13. The van der Waals surface area contributed by atoms with Gasteiger partial charge in [-0.25, -0.2) is 4.79 Å². The Balaban J connectivity index is 0.00000450. The maximum absolute atomic E-state index is 12.2. The molecule has 1 unspecified atom stereocenters. The van der Waals surface area contributed by atoms with E-state index in [2.05, 4.69) is 15.2 Å². The van der Waals surface area contributed by atoms with Gasteiger partial charge in [-0.3, -0.25) is 9.79 Å². The van der Waals surface area contributed by atoms with Crippen LogP contribution in [0.1, 0.15) is 53.4 Å². The zero-order valence-corrected chi connectivity index (χ0v) is 21.4. The average Bonchev–Trinajstić information content (AvgIpc) is 2.68. The first-order chi connectivity index (χ1) is 13.7. The van der Waals surface area contributed by atoms with Gasteiger partial charge in [0, 0.05) is 39.8 Å². The number of likely N-dealkylation sites (tertiary alicyclic amines) is 2. The van der Waals surface area contributed by atoms with Crippen LogP contribution < -0.4 is 5.32 Å². The van der Waals surface area contributed by atoms with Gasteiger partial charge in [-0.15, -0.1) is 24.0 Å². The number of rotatable bonds is 4. The highest BCUT2D eigenvalue weighted by Crippen LogP contribution is 2.20. The second-order valence-electron chi connectivity index (χ2n) is 8.88. The van der Waals surface area contributed by atoms with Crippen molar-refractivity contribution in [1.29, 1.82) is 0 Å². The van der Waals surface area contributed by atoms with E-state index in [-0.39, 0.29) is 42.0 Å². The molecule has 0 saturated carbocycles. The van der Waals surface area contributed by atoms with Crippen molar-refractivity contribution in [3.63, 3.8) is 0 Å². The Kier molecular flexibility index (Phi) is 11.2. The third kappa shape index (κ3) is 8.47. The zero-order valence-electron chi connectivity index (χ0n) is 19.1.